The van der Waals surface area contributed by atoms with Crippen molar-refractivity contribution in [2.24, 2.45) is 0 Å². The van der Waals surface area contributed by atoms with Crippen molar-refractivity contribution in [2.75, 3.05) is 25.0 Å². The molecular weight excluding hydrogens is 254 g/mol. The first-order chi connectivity index (χ1) is 8.67. The van der Waals surface area contributed by atoms with Crippen LogP contribution in [0.25, 0.3) is 0 Å². The monoisotopic (exact) mass is 271 g/mol. The molecule has 0 bridgehead atoms. The van der Waals surface area contributed by atoms with Crippen molar-refractivity contribution in [1.29, 1.82) is 0 Å². The zero-order valence-corrected chi connectivity index (χ0v) is 11.3. The van der Waals surface area contributed by atoms with Crippen molar-refractivity contribution in [3.8, 4) is 0 Å². The van der Waals surface area contributed by atoms with E-state index in [4.69, 9.17) is 0 Å². The zero-order chi connectivity index (χ0) is 13.4. The molecule has 0 aliphatic carbocycles. The molecule has 100 valence electrons. The summed E-state index contributed by atoms with van der Waals surface area (Å²) >= 11 is 1.16. The number of rotatable bonds is 7. The summed E-state index contributed by atoms with van der Waals surface area (Å²) in [5.41, 5.74) is 0. The van der Waals surface area contributed by atoms with E-state index in [0.29, 0.717) is 11.7 Å². The summed E-state index contributed by atoms with van der Waals surface area (Å²) in [6, 6.07) is 0. The third-order valence-corrected chi connectivity index (χ3v) is 2.81. The molecule has 1 aromatic rings. The molecule has 18 heavy (non-hydrogen) atoms. The van der Waals surface area contributed by atoms with Crippen LogP contribution in [0, 0.1) is 0 Å². The first-order valence-electron chi connectivity index (χ1n) is 5.79. The van der Waals surface area contributed by atoms with Gasteiger partial charge in [-0.3, -0.25) is 9.59 Å². The average molecular weight is 271 g/mol. The SMILES string of the molecule is CCCNC(=O)CNC(=O)c1nnc(NCC)s1. The van der Waals surface area contributed by atoms with Gasteiger partial charge in [-0.05, 0) is 13.3 Å². The molecule has 0 saturated heterocycles. The van der Waals surface area contributed by atoms with E-state index in [1.165, 1.54) is 0 Å². The fourth-order valence-electron chi connectivity index (χ4n) is 1.10. The maximum atomic E-state index is 11.6. The number of nitrogens with one attached hydrogen (secondary N) is 3. The summed E-state index contributed by atoms with van der Waals surface area (Å²) < 4.78 is 0. The van der Waals surface area contributed by atoms with Crippen LogP contribution < -0.4 is 16.0 Å². The topological polar surface area (TPSA) is 96.0 Å². The Kier molecular flexibility index (Phi) is 6.06. The molecule has 0 aliphatic heterocycles. The maximum absolute atomic E-state index is 11.6. The minimum atomic E-state index is -0.386. The van der Waals surface area contributed by atoms with Crippen molar-refractivity contribution in [1.82, 2.24) is 20.8 Å². The van der Waals surface area contributed by atoms with Crippen molar-refractivity contribution in [3.05, 3.63) is 5.01 Å². The van der Waals surface area contributed by atoms with E-state index >= 15 is 0 Å². The van der Waals surface area contributed by atoms with Gasteiger partial charge in [0.25, 0.3) is 5.91 Å². The zero-order valence-electron chi connectivity index (χ0n) is 10.4. The molecule has 8 heteroatoms. The molecule has 0 unspecified atom stereocenters. The van der Waals surface area contributed by atoms with E-state index in [1.54, 1.807) is 0 Å². The third-order valence-electron chi connectivity index (χ3n) is 1.93. The molecule has 0 radical (unpaired) electrons. The first kappa shape index (κ1) is 14.4. The summed E-state index contributed by atoms with van der Waals surface area (Å²) in [4.78, 5) is 22.9. The third kappa shape index (κ3) is 4.66. The number of nitrogens with zero attached hydrogens (tertiary/aromatic N) is 2. The second-order valence-corrected chi connectivity index (χ2v) is 4.45. The average Bonchev–Trinajstić information content (AvgIpc) is 2.82. The van der Waals surface area contributed by atoms with Gasteiger partial charge in [-0.25, -0.2) is 0 Å². The van der Waals surface area contributed by atoms with Crippen LogP contribution in [0.15, 0.2) is 0 Å². The van der Waals surface area contributed by atoms with Crippen molar-refractivity contribution in [2.45, 2.75) is 20.3 Å². The molecule has 0 atom stereocenters. The van der Waals surface area contributed by atoms with Crippen LogP contribution >= 0.6 is 11.3 Å². The largest absolute Gasteiger partial charge is 0.360 e. The van der Waals surface area contributed by atoms with Gasteiger partial charge in [-0.15, -0.1) is 10.2 Å². The molecule has 1 aromatic heterocycles. The Labute approximate surface area is 109 Å². The Morgan fingerprint density at radius 1 is 1.22 bits per heavy atom. The molecule has 0 spiro atoms. The van der Waals surface area contributed by atoms with Crippen LogP contribution in [0.2, 0.25) is 0 Å². The number of carbonyl (C=O) groups is 2. The van der Waals surface area contributed by atoms with Gasteiger partial charge in [0.1, 0.15) is 0 Å². The summed E-state index contributed by atoms with van der Waals surface area (Å²) in [6.07, 6.45) is 0.863. The van der Waals surface area contributed by atoms with Crippen LogP contribution in [0.5, 0.6) is 0 Å². The van der Waals surface area contributed by atoms with Crippen molar-refractivity contribution in [3.63, 3.8) is 0 Å². The van der Waals surface area contributed by atoms with Gasteiger partial charge in [0, 0.05) is 13.1 Å². The molecule has 3 N–H and O–H groups in total. The molecule has 1 rings (SSSR count). The van der Waals surface area contributed by atoms with Crippen LogP contribution in [-0.4, -0.2) is 41.6 Å². The van der Waals surface area contributed by atoms with Crippen LogP contribution in [0.1, 0.15) is 30.1 Å². The number of hydrogen-bond acceptors (Lipinski definition) is 6. The van der Waals surface area contributed by atoms with E-state index in [2.05, 4.69) is 26.1 Å². The van der Waals surface area contributed by atoms with E-state index in [9.17, 15) is 9.59 Å². The van der Waals surface area contributed by atoms with Crippen LogP contribution in [-0.2, 0) is 4.79 Å². The van der Waals surface area contributed by atoms with Gasteiger partial charge in [-0.2, -0.15) is 0 Å². The van der Waals surface area contributed by atoms with E-state index < -0.39 is 0 Å². The van der Waals surface area contributed by atoms with Gasteiger partial charge in [-0.1, -0.05) is 18.3 Å². The number of hydrogen-bond donors (Lipinski definition) is 3. The lowest BCUT2D eigenvalue weighted by Crippen LogP contribution is -2.37. The van der Waals surface area contributed by atoms with Gasteiger partial charge in [0.15, 0.2) is 0 Å². The Morgan fingerprint density at radius 3 is 2.67 bits per heavy atom. The first-order valence-corrected chi connectivity index (χ1v) is 6.61. The second kappa shape index (κ2) is 7.59. The summed E-state index contributed by atoms with van der Waals surface area (Å²) in [6.45, 7) is 5.17. The van der Waals surface area contributed by atoms with Gasteiger partial charge < -0.3 is 16.0 Å². The van der Waals surface area contributed by atoms with E-state index in [-0.39, 0.29) is 23.4 Å². The Hall–Kier alpha value is -1.70. The molecule has 1 heterocycles. The summed E-state index contributed by atoms with van der Waals surface area (Å²) in [5, 5.41) is 16.5. The number of anilines is 1. The van der Waals surface area contributed by atoms with Crippen molar-refractivity contribution >= 4 is 28.3 Å². The number of amides is 2. The van der Waals surface area contributed by atoms with Gasteiger partial charge >= 0.3 is 0 Å². The molecule has 7 nitrogen and oxygen atoms in total. The van der Waals surface area contributed by atoms with Gasteiger partial charge in [0.2, 0.25) is 16.0 Å². The lowest BCUT2D eigenvalue weighted by Gasteiger charge is -2.03. The highest BCUT2D eigenvalue weighted by atomic mass is 32.1. The lowest BCUT2D eigenvalue weighted by molar-refractivity contribution is -0.120. The Bertz CT molecular complexity index is 407. The lowest BCUT2D eigenvalue weighted by atomic mass is 10.4. The fraction of sp³-hybridized carbons (Fsp3) is 0.600. The maximum Gasteiger partial charge on any atom is 0.282 e. The normalized spacial score (nSPS) is 9.89. The molecule has 0 fully saturated rings. The highest BCUT2D eigenvalue weighted by Gasteiger charge is 2.13. The second-order valence-electron chi connectivity index (χ2n) is 3.48. The molecular formula is C10H17N5O2S. The number of aromatic nitrogens is 2. The number of carbonyl (C=O) groups excluding carboxylic acids is 2. The highest BCUT2D eigenvalue weighted by molar-refractivity contribution is 7.17. The molecule has 0 saturated carbocycles. The quantitative estimate of drug-likeness (QED) is 0.659. The highest BCUT2D eigenvalue weighted by Crippen LogP contribution is 2.14. The molecule has 0 aliphatic rings. The van der Waals surface area contributed by atoms with E-state index in [0.717, 1.165) is 24.3 Å². The minimum Gasteiger partial charge on any atom is -0.360 e. The standard InChI is InChI=1S/C10H17N5O2S/c1-3-5-12-7(16)6-13-8(17)9-14-15-10(18-9)11-4-2/h3-6H2,1-2H3,(H,11,15)(H,12,16)(H,13,17). The Balaban J connectivity index is 2.37. The smallest absolute Gasteiger partial charge is 0.282 e. The van der Waals surface area contributed by atoms with Gasteiger partial charge in [0.05, 0.1) is 6.54 Å². The minimum absolute atomic E-state index is 0.0467. The van der Waals surface area contributed by atoms with Crippen LogP contribution in [0.3, 0.4) is 0 Å². The predicted molar refractivity (Wildman–Crippen MR) is 69.7 cm³/mol. The predicted octanol–water partition coefficient (Wildman–Crippen LogP) is 0.226. The van der Waals surface area contributed by atoms with Crippen LogP contribution in [0.4, 0.5) is 5.13 Å². The molecule has 0 aromatic carbocycles. The van der Waals surface area contributed by atoms with E-state index in [1.807, 2.05) is 13.8 Å². The Morgan fingerprint density at radius 2 is 2.00 bits per heavy atom. The molecule has 2 amide bonds. The summed E-state index contributed by atoms with van der Waals surface area (Å²) in [5.74, 6) is -0.593. The summed E-state index contributed by atoms with van der Waals surface area (Å²) in [7, 11) is 0. The van der Waals surface area contributed by atoms with Crippen molar-refractivity contribution < 1.29 is 9.59 Å². The fourth-order valence-corrected chi connectivity index (χ4v) is 1.83.